The van der Waals surface area contributed by atoms with Crippen molar-refractivity contribution in [3.8, 4) is 0 Å². The van der Waals surface area contributed by atoms with Crippen LogP contribution < -0.4 is 22.1 Å². The van der Waals surface area contributed by atoms with E-state index in [1.807, 2.05) is 0 Å². The Morgan fingerprint density at radius 3 is 2.27 bits per heavy atom. The minimum Gasteiger partial charge on any atom is -0.481 e. The number of likely N-dealkylation sites (tertiary alicyclic amines) is 1. The predicted octanol–water partition coefficient (Wildman–Crippen LogP) is -0.991. The summed E-state index contributed by atoms with van der Waals surface area (Å²) in [5, 5.41) is 23.1. The van der Waals surface area contributed by atoms with Crippen molar-refractivity contribution in [2.75, 3.05) is 13.1 Å². The quantitative estimate of drug-likeness (QED) is 0.172. The van der Waals surface area contributed by atoms with Crippen molar-refractivity contribution in [2.45, 2.75) is 83.0 Å². The number of unbranched alkanes of at least 4 members (excludes halogenated alkanes) is 1. The molecule has 1 rings (SSSR count). The monoisotopic (exact) mass is 471 g/mol. The molecule has 0 spiro atoms. The third-order valence-electron chi connectivity index (χ3n) is 5.64. The van der Waals surface area contributed by atoms with Crippen LogP contribution in [0.5, 0.6) is 0 Å². The molecular weight excluding hydrogens is 434 g/mol. The Morgan fingerprint density at radius 2 is 1.73 bits per heavy atom. The molecule has 188 valence electrons. The van der Waals surface area contributed by atoms with Crippen LogP contribution in [0.1, 0.15) is 58.8 Å². The normalized spacial score (nSPS) is 18.5. The van der Waals surface area contributed by atoms with Crippen molar-refractivity contribution < 1.29 is 34.2 Å². The first-order valence-corrected chi connectivity index (χ1v) is 11.3. The van der Waals surface area contributed by atoms with E-state index in [0.29, 0.717) is 32.2 Å². The molecule has 0 aromatic heterocycles. The lowest BCUT2D eigenvalue weighted by Crippen LogP contribution is -2.58. The van der Waals surface area contributed by atoms with E-state index in [9.17, 15) is 29.1 Å². The molecule has 0 aliphatic carbocycles. The molecule has 4 unspecified atom stereocenters. The molecule has 0 saturated carbocycles. The van der Waals surface area contributed by atoms with Crippen LogP contribution in [-0.4, -0.2) is 82.0 Å². The Bertz CT molecular complexity index is 715. The van der Waals surface area contributed by atoms with Gasteiger partial charge in [-0.15, -0.1) is 0 Å². The summed E-state index contributed by atoms with van der Waals surface area (Å²) in [6.45, 7) is 4.31. The highest BCUT2D eigenvalue weighted by Gasteiger charge is 2.40. The molecule has 1 aliphatic heterocycles. The highest BCUT2D eigenvalue weighted by Crippen LogP contribution is 2.21. The summed E-state index contributed by atoms with van der Waals surface area (Å²) >= 11 is 0. The maximum atomic E-state index is 13.2. The number of carbonyl (C=O) groups is 5. The number of carbonyl (C=O) groups excluding carboxylic acids is 3. The fourth-order valence-electron chi connectivity index (χ4n) is 3.69. The average molecular weight is 472 g/mol. The Morgan fingerprint density at radius 1 is 1.06 bits per heavy atom. The first-order chi connectivity index (χ1) is 15.5. The van der Waals surface area contributed by atoms with Gasteiger partial charge >= 0.3 is 11.9 Å². The van der Waals surface area contributed by atoms with Gasteiger partial charge in [0.2, 0.25) is 17.7 Å². The summed E-state index contributed by atoms with van der Waals surface area (Å²) in [5.41, 5.74) is 11.4. The van der Waals surface area contributed by atoms with Gasteiger partial charge in [-0.25, -0.2) is 4.79 Å². The molecule has 33 heavy (non-hydrogen) atoms. The largest absolute Gasteiger partial charge is 0.481 e. The number of nitrogens with two attached hydrogens (primary N) is 2. The van der Waals surface area contributed by atoms with Crippen molar-refractivity contribution in [2.24, 2.45) is 17.4 Å². The second kappa shape index (κ2) is 13.7. The molecule has 1 fully saturated rings. The Balaban J connectivity index is 2.85. The highest BCUT2D eigenvalue weighted by atomic mass is 16.4. The molecule has 1 heterocycles. The van der Waals surface area contributed by atoms with Gasteiger partial charge in [0.15, 0.2) is 0 Å². The van der Waals surface area contributed by atoms with Gasteiger partial charge in [0.1, 0.15) is 18.1 Å². The summed E-state index contributed by atoms with van der Waals surface area (Å²) in [6, 6.07) is -3.96. The first-order valence-electron chi connectivity index (χ1n) is 11.3. The van der Waals surface area contributed by atoms with Gasteiger partial charge in [-0.1, -0.05) is 20.3 Å². The fraction of sp³-hybridized carbons (Fsp3) is 0.762. The summed E-state index contributed by atoms with van der Waals surface area (Å²) in [5.74, 6) is -4.36. The second-order valence-corrected chi connectivity index (χ2v) is 8.64. The third kappa shape index (κ3) is 8.97. The van der Waals surface area contributed by atoms with Crippen molar-refractivity contribution >= 4 is 29.7 Å². The van der Waals surface area contributed by atoms with E-state index in [4.69, 9.17) is 16.6 Å². The van der Waals surface area contributed by atoms with Gasteiger partial charge in [-0.05, 0) is 44.6 Å². The number of carboxylic acid groups (broad SMARTS) is 2. The van der Waals surface area contributed by atoms with Gasteiger partial charge in [0.05, 0.1) is 6.04 Å². The Hall–Kier alpha value is -2.73. The van der Waals surface area contributed by atoms with E-state index in [1.54, 1.807) is 13.8 Å². The SMILES string of the molecule is CC(C)C(NC(=O)C(N)CCCCN)C(=O)N1CCCC1C(=O)NC(CCC(=O)O)C(=O)O. The Kier molecular flexibility index (Phi) is 11.8. The van der Waals surface area contributed by atoms with Crippen LogP contribution in [0.2, 0.25) is 0 Å². The van der Waals surface area contributed by atoms with Gasteiger partial charge < -0.3 is 37.2 Å². The van der Waals surface area contributed by atoms with Crippen LogP contribution in [0.3, 0.4) is 0 Å². The molecule has 3 amide bonds. The molecule has 0 aromatic rings. The third-order valence-corrected chi connectivity index (χ3v) is 5.64. The molecule has 1 saturated heterocycles. The minimum absolute atomic E-state index is 0.274. The first kappa shape index (κ1) is 28.3. The van der Waals surface area contributed by atoms with E-state index in [2.05, 4.69) is 10.6 Å². The summed E-state index contributed by atoms with van der Waals surface area (Å²) in [6.07, 6.45) is 2.04. The zero-order valence-electron chi connectivity index (χ0n) is 19.3. The maximum Gasteiger partial charge on any atom is 0.326 e. The number of nitrogens with zero attached hydrogens (tertiary/aromatic N) is 1. The zero-order chi connectivity index (χ0) is 25.1. The zero-order valence-corrected chi connectivity index (χ0v) is 19.3. The van der Waals surface area contributed by atoms with Crippen molar-refractivity contribution in [1.82, 2.24) is 15.5 Å². The number of rotatable bonds is 14. The number of amides is 3. The van der Waals surface area contributed by atoms with E-state index < -0.39 is 60.2 Å². The van der Waals surface area contributed by atoms with E-state index in [0.717, 1.165) is 6.42 Å². The number of nitrogens with one attached hydrogen (secondary N) is 2. The molecule has 0 bridgehead atoms. The average Bonchev–Trinajstić information content (AvgIpc) is 3.23. The second-order valence-electron chi connectivity index (χ2n) is 8.64. The Labute approximate surface area is 193 Å². The van der Waals surface area contributed by atoms with Crippen LogP contribution in [0.15, 0.2) is 0 Å². The molecule has 0 aromatic carbocycles. The maximum absolute atomic E-state index is 13.2. The van der Waals surface area contributed by atoms with E-state index >= 15 is 0 Å². The molecule has 1 aliphatic rings. The van der Waals surface area contributed by atoms with Crippen LogP contribution >= 0.6 is 0 Å². The number of aliphatic carboxylic acids is 2. The lowest BCUT2D eigenvalue weighted by molar-refractivity contribution is -0.146. The number of hydrogen-bond donors (Lipinski definition) is 6. The van der Waals surface area contributed by atoms with E-state index in [1.165, 1.54) is 4.90 Å². The fourth-order valence-corrected chi connectivity index (χ4v) is 3.69. The summed E-state index contributed by atoms with van der Waals surface area (Å²) in [7, 11) is 0. The standard InChI is InChI=1S/C21H37N5O7/c1-12(2)17(25-18(29)13(23)6-3-4-10-22)20(31)26-11-5-7-15(26)19(30)24-14(21(32)33)8-9-16(27)28/h12-15,17H,3-11,22-23H2,1-2H3,(H,24,30)(H,25,29)(H,27,28)(H,32,33). The van der Waals surface area contributed by atoms with Crippen LogP contribution in [0.4, 0.5) is 0 Å². The van der Waals surface area contributed by atoms with Gasteiger partial charge in [0.25, 0.3) is 0 Å². The lowest BCUT2D eigenvalue weighted by atomic mass is 10.0. The van der Waals surface area contributed by atoms with Gasteiger partial charge in [-0.2, -0.15) is 0 Å². The van der Waals surface area contributed by atoms with Crippen molar-refractivity contribution in [3.63, 3.8) is 0 Å². The van der Waals surface area contributed by atoms with Crippen molar-refractivity contribution in [1.29, 1.82) is 0 Å². The molecule has 4 atom stereocenters. The number of hydrogen-bond acceptors (Lipinski definition) is 7. The molecule has 0 radical (unpaired) electrons. The topological polar surface area (TPSA) is 205 Å². The summed E-state index contributed by atoms with van der Waals surface area (Å²) in [4.78, 5) is 62.0. The summed E-state index contributed by atoms with van der Waals surface area (Å²) < 4.78 is 0. The van der Waals surface area contributed by atoms with Gasteiger partial charge in [-0.3, -0.25) is 19.2 Å². The smallest absolute Gasteiger partial charge is 0.326 e. The molecule has 12 heteroatoms. The van der Waals surface area contributed by atoms with Crippen LogP contribution in [0, 0.1) is 5.92 Å². The van der Waals surface area contributed by atoms with Crippen molar-refractivity contribution in [3.05, 3.63) is 0 Å². The molecule has 12 nitrogen and oxygen atoms in total. The van der Waals surface area contributed by atoms with Crippen LogP contribution in [-0.2, 0) is 24.0 Å². The molecular formula is C21H37N5O7. The number of carboxylic acids is 2. The van der Waals surface area contributed by atoms with Crippen LogP contribution in [0.25, 0.3) is 0 Å². The van der Waals surface area contributed by atoms with Gasteiger partial charge in [0, 0.05) is 13.0 Å². The van der Waals surface area contributed by atoms with E-state index in [-0.39, 0.29) is 18.9 Å². The predicted molar refractivity (Wildman–Crippen MR) is 119 cm³/mol. The highest BCUT2D eigenvalue weighted by molar-refractivity contribution is 5.94. The molecule has 8 N–H and O–H groups in total. The lowest BCUT2D eigenvalue weighted by Gasteiger charge is -2.31. The minimum atomic E-state index is -1.38.